The Kier molecular flexibility index (Phi) is 6.07. The topological polar surface area (TPSA) is 102 Å². The number of benzene rings is 2. The van der Waals surface area contributed by atoms with Crippen molar-refractivity contribution in [2.75, 3.05) is 37.9 Å². The van der Waals surface area contributed by atoms with Gasteiger partial charge >= 0.3 is 0 Å². The number of nitro groups is 1. The fourth-order valence-corrected chi connectivity index (χ4v) is 5.25. The molecule has 0 bridgehead atoms. The highest BCUT2D eigenvalue weighted by atomic mass is 16.7. The minimum Gasteiger partial charge on any atom is -0.454 e. The molecule has 1 unspecified atom stereocenters. The lowest BCUT2D eigenvalue weighted by Gasteiger charge is -2.36. The van der Waals surface area contributed by atoms with Crippen molar-refractivity contribution < 1.29 is 19.2 Å². The van der Waals surface area contributed by atoms with Crippen molar-refractivity contribution in [2.45, 2.75) is 19.3 Å². The number of anilines is 1. The van der Waals surface area contributed by atoms with E-state index in [-0.39, 0.29) is 24.3 Å². The maximum absolute atomic E-state index is 13.6. The fraction of sp³-hybridized carbons (Fsp3) is 0.286. The average Bonchev–Trinajstić information content (AvgIpc) is 3.59. The van der Waals surface area contributed by atoms with E-state index in [1.54, 1.807) is 12.1 Å². The number of amides is 1. The Morgan fingerprint density at radius 3 is 2.58 bits per heavy atom. The van der Waals surface area contributed by atoms with Gasteiger partial charge < -0.3 is 23.7 Å². The number of non-ortho nitro benzene ring substituents is 1. The number of nitrogens with zero attached hydrogens (tertiary/aromatic N) is 5. The van der Waals surface area contributed by atoms with Gasteiger partial charge in [0.25, 0.3) is 5.69 Å². The molecular weight excluding hydrogens is 486 g/mol. The number of carbonyl (C=O) groups excluding carboxylic acids is 1. The number of carbonyl (C=O) groups is 1. The molecular formula is C28H27N5O5. The molecule has 38 heavy (non-hydrogen) atoms. The van der Waals surface area contributed by atoms with Crippen LogP contribution >= 0.6 is 0 Å². The van der Waals surface area contributed by atoms with Crippen LogP contribution in [0.5, 0.6) is 11.5 Å². The summed E-state index contributed by atoms with van der Waals surface area (Å²) in [6, 6.07) is 16.4. The maximum Gasteiger partial charge on any atom is 0.269 e. The molecule has 10 nitrogen and oxygen atoms in total. The Bertz CT molecular complexity index is 1510. The molecule has 2 aromatic heterocycles. The molecule has 0 aliphatic carbocycles. The molecule has 2 aliphatic rings. The summed E-state index contributed by atoms with van der Waals surface area (Å²) in [6.07, 6.45) is 4.13. The van der Waals surface area contributed by atoms with Crippen LogP contribution in [0.15, 0.2) is 67.0 Å². The van der Waals surface area contributed by atoms with Crippen LogP contribution in [0.25, 0.3) is 5.65 Å². The van der Waals surface area contributed by atoms with Gasteiger partial charge in [-0.3, -0.25) is 14.9 Å². The van der Waals surface area contributed by atoms with Gasteiger partial charge in [0.1, 0.15) is 5.65 Å². The van der Waals surface area contributed by atoms with E-state index in [4.69, 9.17) is 9.47 Å². The largest absolute Gasteiger partial charge is 0.454 e. The molecule has 6 rings (SSSR count). The number of hydrogen-bond acceptors (Lipinski definition) is 7. The number of ether oxygens (including phenoxy) is 2. The molecule has 1 fully saturated rings. The lowest BCUT2D eigenvalue weighted by atomic mass is 9.91. The van der Waals surface area contributed by atoms with Gasteiger partial charge in [-0.25, -0.2) is 4.98 Å². The van der Waals surface area contributed by atoms with E-state index in [1.165, 1.54) is 12.1 Å². The number of aromatic nitrogens is 2. The quantitative estimate of drug-likeness (QED) is 0.282. The highest BCUT2D eigenvalue weighted by molar-refractivity contribution is 5.78. The number of imidazole rings is 1. The van der Waals surface area contributed by atoms with Crippen molar-refractivity contribution in [1.82, 2.24) is 14.3 Å². The zero-order valence-electron chi connectivity index (χ0n) is 20.9. The molecule has 1 saturated heterocycles. The van der Waals surface area contributed by atoms with Crippen LogP contribution in [0.1, 0.15) is 29.2 Å². The van der Waals surface area contributed by atoms with Gasteiger partial charge in [-0.05, 0) is 48.4 Å². The van der Waals surface area contributed by atoms with E-state index in [2.05, 4.69) is 14.3 Å². The van der Waals surface area contributed by atoms with Gasteiger partial charge in [0.05, 0.1) is 10.6 Å². The smallest absolute Gasteiger partial charge is 0.269 e. The van der Waals surface area contributed by atoms with E-state index >= 15 is 0 Å². The Labute approximate surface area is 219 Å². The highest BCUT2D eigenvalue weighted by Crippen LogP contribution is 2.38. The molecule has 2 aliphatic heterocycles. The number of pyridine rings is 1. The first kappa shape index (κ1) is 23.8. The summed E-state index contributed by atoms with van der Waals surface area (Å²) in [4.78, 5) is 32.9. The van der Waals surface area contributed by atoms with Gasteiger partial charge in [0.15, 0.2) is 11.5 Å². The Balaban J connectivity index is 1.22. The summed E-state index contributed by atoms with van der Waals surface area (Å²) in [5, 5.41) is 11.0. The predicted molar refractivity (Wildman–Crippen MR) is 141 cm³/mol. The lowest BCUT2D eigenvalue weighted by molar-refractivity contribution is -0.384. The second-order valence-corrected chi connectivity index (χ2v) is 9.58. The first-order valence-corrected chi connectivity index (χ1v) is 12.6. The zero-order chi connectivity index (χ0) is 26.2. The number of nitro benzene ring substituents is 1. The summed E-state index contributed by atoms with van der Waals surface area (Å²) >= 11 is 0. The molecule has 0 radical (unpaired) electrons. The van der Waals surface area contributed by atoms with Crippen LogP contribution in [0, 0.1) is 17.0 Å². The monoisotopic (exact) mass is 513 g/mol. The van der Waals surface area contributed by atoms with Crippen molar-refractivity contribution in [3.8, 4) is 11.5 Å². The highest BCUT2D eigenvalue weighted by Gasteiger charge is 2.28. The molecule has 4 heterocycles. The Morgan fingerprint density at radius 1 is 1.05 bits per heavy atom. The fourth-order valence-electron chi connectivity index (χ4n) is 5.25. The van der Waals surface area contributed by atoms with E-state index in [1.807, 2.05) is 54.5 Å². The van der Waals surface area contributed by atoms with Crippen molar-refractivity contribution >= 4 is 22.9 Å². The van der Waals surface area contributed by atoms with Gasteiger partial charge in [-0.15, -0.1) is 0 Å². The summed E-state index contributed by atoms with van der Waals surface area (Å²) in [5.74, 6) is 1.23. The molecule has 2 aromatic carbocycles. The first-order valence-electron chi connectivity index (χ1n) is 12.6. The molecule has 0 N–H and O–H groups in total. The summed E-state index contributed by atoms with van der Waals surface area (Å²) in [6.45, 7) is 4.69. The van der Waals surface area contributed by atoms with Crippen molar-refractivity contribution in [2.24, 2.45) is 0 Å². The molecule has 10 heteroatoms. The summed E-state index contributed by atoms with van der Waals surface area (Å²) in [5.41, 5.74) is 4.84. The van der Waals surface area contributed by atoms with Gasteiger partial charge in [-0.2, -0.15) is 0 Å². The van der Waals surface area contributed by atoms with E-state index < -0.39 is 4.92 Å². The number of piperazine rings is 1. The summed E-state index contributed by atoms with van der Waals surface area (Å²) in [7, 11) is 0. The molecule has 1 atom stereocenters. The molecule has 4 aromatic rings. The van der Waals surface area contributed by atoms with Gasteiger partial charge in [-0.1, -0.05) is 12.1 Å². The average molecular weight is 514 g/mol. The standard InChI is InChI=1S/C28H27N5O5/c1-19-3-2-10-32-24(17-29-28(19)32)23(20-4-9-25-26(15-20)38-18-37-25)16-27(34)31-13-11-30(12-14-31)21-5-7-22(8-6-21)33(35)36/h2-10,15,17,23H,11-14,16,18H2,1H3. The third kappa shape index (κ3) is 4.38. The van der Waals surface area contributed by atoms with E-state index in [9.17, 15) is 14.9 Å². The second-order valence-electron chi connectivity index (χ2n) is 9.58. The molecule has 1 amide bonds. The number of rotatable bonds is 6. The third-order valence-corrected chi connectivity index (χ3v) is 7.35. The summed E-state index contributed by atoms with van der Waals surface area (Å²) < 4.78 is 13.2. The van der Waals surface area contributed by atoms with Crippen molar-refractivity contribution in [3.05, 3.63) is 93.9 Å². The lowest BCUT2D eigenvalue weighted by Crippen LogP contribution is -2.49. The maximum atomic E-state index is 13.6. The van der Waals surface area contributed by atoms with E-state index in [0.29, 0.717) is 44.1 Å². The van der Waals surface area contributed by atoms with Gasteiger partial charge in [0.2, 0.25) is 12.7 Å². The molecule has 194 valence electrons. The molecule has 0 saturated carbocycles. The van der Waals surface area contributed by atoms with Crippen molar-refractivity contribution in [1.29, 1.82) is 0 Å². The van der Waals surface area contributed by atoms with Crippen LogP contribution in [0.3, 0.4) is 0 Å². The van der Waals surface area contributed by atoms with E-state index in [0.717, 1.165) is 28.2 Å². The minimum absolute atomic E-state index is 0.0682. The SMILES string of the molecule is Cc1cccn2c(C(CC(=O)N3CCN(c4ccc([N+](=O)[O-])cc4)CC3)c3ccc4c(c3)OCO4)cnc12. The van der Waals surface area contributed by atoms with Crippen LogP contribution in [0.2, 0.25) is 0 Å². The number of fused-ring (bicyclic) bond motifs is 2. The van der Waals surface area contributed by atoms with Crippen LogP contribution in [-0.4, -0.2) is 58.1 Å². The third-order valence-electron chi connectivity index (χ3n) is 7.35. The minimum atomic E-state index is -0.401. The van der Waals surface area contributed by atoms with Crippen LogP contribution in [0.4, 0.5) is 11.4 Å². The normalized spacial score (nSPS) is 15.6. The zero-order valence-corrected chi connectivity index (χ0v) is 20.9. The first-order chi connectivity index (χ1) is 18.5. The Hall–Kier alpha value is -4.60. The molecule has 0 spiro atoms. The van der Waals surface area contributed by atoms with Crippen LogP contribution in [-0.2, 0) is 4.79 Å². The van der Waals surface area contributed by atoms with Crippen LogP contribution < -0.4 is 14.4 Å². The predicted octanol–water partition coefficient (Wildman–Crippen LogP) is 4.15. The number of hydrogen-bond donors (Lipinski definition) is 0. The number of aryl methyl sites for hydroxylation is 1. The van der Waals surface area contributed by atoms with Gasteiger partial charge in [0, 0.05) is 68.7 Å². The second kappa shape index (κ2) is 9.70. The van der Waals surface area contributed by atoms with Crippen molar-refractivity contribution in [3.63, 3.8) is 0 Å². The Morgan fingerprint density at radius 2 is 1.82 bits per heavy atom.